The Kier molecular flexibility index (Phi) is 6.92. The van der Waals surface area contributed by atoms with Crippen molar-refractivity contribution in [3.8, 4) is 0 Å². The van der Waals surface area contributed by atoms with Crippen LogP contribution in [0.4, 0.5) is 9.18 Å². The Morgan fingerprint density at radius 2 is 1.68 bits per heavy atom. The molecular formula is C22H32FN3O2. The van der Waals surface area contributed by atoms with Crippen molar-refractivity contribution in [2.24, 2.45) is 5.92 Å². The highest BCUT2D eigenvalue weighted by molar-refractivity contribution is 5.75. The monoisotopic (exact) mass is 389 g/mol. The van der Waals surface area contributed by atoms with Crippen LogP contribution in [0.1, 0.15) is 63.5 Å². The van der Waals surface area contributed by atoms with E-state index in [0.29, 0.717) is 19.0 Å². The average Bonchev–Trinajstić information content (AvgIpc) is 2.72. The first-order valence-corrected chi connectivity index (χ1v) is 10.5. The van der Waals surface area contributed by atoms with Crippen molar-refractivity contribution in [2.45, 2.75) is 64.0 Å². The van der Waals surface area contributed by atoms with E-state index >= 15 is 0 Å². The Balaban J connectivity index is 1.64. The molecule has 1 heterocycles. The predicted octanol–water partition coefficient (Wildman–Crippen LogP) is 4.10. The number of nitrogens with zero attached hydrogens (tertiary/aromatic N) is 2. The zero-order chi connectivity index (χ0) is 20.1. The van der Waals surface area contributed by atoms with Crippen LogP contribution in [0.15, 0.2) is 24.3 Å². The number of piperidine rings is 1. The van der Waals surface area contributed by atoms with Gasteiger partial charge in [0.2, 0.25) is 5.91 Å². The fourth-order valence-corrected chi connectivity index (χ4v) is 4.55. The molecule has 0 bridgehead atoms. The molecule has 0 aromatic heterocycles. The minimum absolute atomic E-state index is 0.0520. The van der Waals surface area contributed by atoms with Gasteiger partial charge in [-0.2, -0.15) is 0 Å². The molecule has 1 N–H and O–H groups in total. The second-order valence-corrected chi connectivity index (χ2v) is 8.22. The molecule has 1 aliphatic carbocycles. The second-order valence-electron chi connectivity index (χ2n) is 8.22. The zero-order valence-electron chi connectivity index (χ0n) is 17.0. The highest BCUT2D eigenvalue weighted by Crippen LogP contribution is 2.34. The fraction of sp³-hybridized carbons (Fsp3) is 0.636. The Morgan fingerprint density at radius 3 is 2.25 bits per heavy atom. The molecule has 3 amide bonds. The van der Waals surface area contributed by atoms with E-state index in [1.807, 2.05) is 11.9 Å². The summed E-state index contributed by atoms with van der Waals surface area (Å²) in [6.45, 7) is 2.88. The minimum Gasteiger partial charge on any atom is -0.343 e. The first-order valence-electron chi connectivity index (χ1n) is 10.5. The number of urea groups is 1. The minimum atomic E-state index is -0.255. The maximum Gasteiger partial charge on any atom is 0.317 e. The van der Waals surface area contributed by atoms with E-state index < -0.39 is 0 Å². The van der Waals surface area contributed by atoms with E-state index in [4.69, 9.17) is 0 Å². The summed E-state index contributed by atoms with van der Waals surface area (Å²) in [5.74, 6) is 0.204. The number of carbonyl (C=O) groups is 2. The van der Waals surface area contributed by atoms with Gasteiger partial charge in [0, 0.05) is 33.1 Å². The molecule has 2 aliphatic rings. The van der Waals surface area contributed by atoms with Gasteiger partial charge in [-0.05, 0) is 49.3 Å². The maximum atomic E-state index is 13.4. The summed E-state index contributed by atoms with van der Waals surface area (Å²) in [7, 11) is 1.83. The molecule has 1 unspecified atom stereocenters. The molecule has 1 aromatic rings. The number of hydrogen-bond donors (Lipinski definition) is 1. The number of hydrogen-bond acceptors (Lipinski definition) is 2. The van der Waals surface area contributed by atoms with Gasteiger partial charge in [-0.1, -0.05) is 31.4 Å². The molecule has 1 aliphatic heterocycles. The van der Waals surface area contributed by atoms with E-state index in [9.17, 15) is 14.0 Å². The van der Waals surface area contributed by atoms with Gasteiger partial charge in [0.05, 0.1) is 6.04 Å². The lowest BCUT2D eigenvalue weighted by Crippen LogP contribution is -2.50. The van der Waals surface area contributed by atoms with E-state index in [2.05, 4.69) is 5.32 Å². The average molecular weight is 390 g/mol. The van der Waals surface area contributed by atoms with Crippen LogP contribution in [0, 0.1) is 11.7 Å². The summed E-state index contributed by atoms with van der Waals surface area (Å²) >= 11 is 0. The van der Waals surface area contributed by atoms with Crippen LogP contribution in [0.3, 0.4) is 0 Å². The summed E-state index contributed by atoms with van der Waals surface area (Å²) < 4.78 is 13.4. The predicted molar refractivity (Wildman–Crippen MR) is 107 cm³/mol. The standard InChI is InChI=1S/C22H32FN3O2/c1-16(27)25(2)20-12-14-26(15-13-20)22(28)24-21(17-6-4-3-5-7-17)18-8-10-19(23)11-9-18/h8-11,17,20-21H,3-7,12-15H2,1-2H3,(H,24,28). The summed E-state index contributed by atoms with van der Waals surface area (Å²) in [6, 6.07) is 6.61. The van der Waals surface area contributed by atoms with Crippen LogP contribution in [0.25, 0.3) is 0 Å². The SMILES string of the molecule is CC(=O)N(C)C1CCN(C(=O)NC(c2ccc(F)cc2)C2CCCCC2)CC1. The van der Waals surface area contributed by atoms with Gasteiger partial charge in [-0.15, -0.1) is 0 Å². The number of rotatable bonds is 4. The van der Waals surface area contributed by atoms with Gasteiger partial charge < -0.3 is 15.1 Å². The number of carbonyl (C=O) groups excluding carboxylic acids is 2. The van der Waals surface area contributed by atoms with Crippen molar-refractivity contribution in [1.29, 1.82) is 0 Å². The molecule has 1 saturated carbocycles. The fourth-order valence-electron chi connectivity index (χ4n) is 4.55. The van der Waals surface area contributed by atoms with Crippen LogP contribution in [-0.2, 0) is 4.79 Å². The largest absolute Gasteiger partial charge is 0.343 e. The summed E-state index contributed by atoms with van der Waals surface area (Å²) in [5.41, 5.74) is 0.979. The molecule has 6 heteroatoms. The second kappa shape index (κ2) is 9.39. The van der Waals surface area contributed by atoms with E-state index in [1.165, 1.54) is 31.4 Å². The summed E-state index contributed by atoms with van der Waals surface area (Å²) in [5, 5.41) is 3.24. The maximum absolute atomic E-state index is 13.4. The van der Waals surface area contributed by atoms with E-state index in [0.717, 1.165) is 31.2 Å². The highest BCUT2D eigenvalue weighted by atomic mass is 19.1. The molecule has 154 valence electrons. The van der Waals surface area contributed by atoms with Crippen molar-refractivity contribution in [3.05, 3.63) is 35.6 Å². The lowest BCUT2D eigenvalue weighted by molar-refractivity contribution is -0.130. The summed E-state index contributed by atoms with van der Waals surface area (Å²) in [4.78, 5) is 28.2. The van der Waals surface area contributed by atoms with Gasteiger partial charge in [0.25, 0.3) is 0 Å². The smallest absolute Gasteiger partial charge is 0.317 e. The van der Waals surface area contributed by atoms with E-state index in [-0.39, 0.29) is 29.8 Å². The van der Waals surface area contributed by atoms with Crippen molar-refractivity contribution >= 4 is 11.9 Å². The van der Waals surface area contributed by atoms with Crippen LogP contribution in [0.5, 0.6) is 0 Å². The van der Waals surface area contributed by atoms with Crippen LogP contribution in [0.2, 0.25) is 0 Å². The summed E-state index contributed by atoms with van der Waals surface area (Å²) in [6.07, 6.45) is 7.39. The molecule has 5 nitrogen and oxygen atoms in total. The molecule has 0 spiro atoms. The third-order valence-corrected chi connectivity index (χ3v) is 6.43. The van der Waals surface area contributed by atoms with Crippen LogP contribution in [-0.4, -0.2) is 47.9 Å². The number of halogens is 1. The third kappa shape index (κ3) is 5.03. The van der Waals surface area contributed by atoms with Crippen molar-refractivity contribution in [3.63, 3.8) is 0 Å². The van der Waals surface area contributed by atoms with Crippen LogP contribution < -0.4 is 5.32 Å². The van der Waals surface area contributed by atoms with E-state index in [1.54, 1.807) is 24.0 Å². The Labute approximate surface area is 167 Å². The molecule has 1 saturated heterocycles. The van der Waals surface area contributed by atoms with Gasteiger partial charge in [0.1, 0.15) is 5.82 Å². The number of benzene rings is 1. The van der Waals surface area contributed by atoms with Crippen molar-refractivity contribution in [1.82, 2.24) is 15.1 Å². The van der Waals surface area contributed by atoms with Gasteiger partial charge in [-0.25, -0.2) is 9.18 Å². The number of nitrogens with one attached hydrogen (secondary N) is 1. The molecule has 1 atom stereocenters. The topological polar surface area (TPSA) is 52.7 Å². The Morgan fingerprint density at radius 1 is 1.07 bits per heavy atom. The Bertz CT molecular complexity index is 665. The lowest BCUT2D eigenvalue weighted by atomic mass is 9.81. The first kappa shape index (κ1) is 20.6. The molecular weight excluding hydrogens is 357 g/mol. The van der Waals surface area contributed by atoms with Gasteiger partial charge in [-0.3, -0.25) is 4.79 Å². The van der Waals surface area contributed by atoms with Gasteiger partial charge >= 0.3 is 6.03 Å². The van der Waals surface area contributed by atoms with Gasteiger partial charge in [0.15, 0.2) is 0 Å². The molecule has 0 radical (unpaired) electrons. The molecule has 1 aromatic carbocycles. The highest BCUT2D eigenvalue weighted by Gasteiger charge is 2.30. The van der Waals surface area contributed by atoms with Crippen molar-refractivity contribution in [2.75, 3.05) is 20.1 Å². The molecule has 28 heavy (non-hydrogen) atoms. The zero-order valence-corrected chi connectivity index (χ0v) is 17.0. The Hall–Kier alpha value is -2.11. The number of likely N-dealkylation sites (tertiary alicyclic amines) is 1. The number of amides is 3. The van der Waals surface area contributed by atoms with Crippen molar-refractivity contribution < 1.29 is 14.0 Å². The quantitative estimate of drug-likeness (QED) is 0.843. The lowest BCUT2D eigenvalue weighted by Gasteiger charge is -2.38. The third-order valence-electron chi connectivity index (χ3n) is 6.43. The normalized spacial score (nSPS) is 19.9. The first-order chi connectivity index (χ1) is 13.5. The molecule has 3 rings (SSSR count). The van der Waals surface area contributed by atoms with Crippen LogP contribution >= 0.6 is 0 Å². The molecule has 2 fully saturated rings.